The lowest BCUT2D eigenvalue weighted by atomic mass is 9.95. The number of halogens is 1. The van der Waals surface area contributed by atoms with Gasteiger partial charge in [-0.2, -0.15) is 0 Å². The number of nitrogens with one attached hydrogen (secondary N) is 2. The maximum Gasteiger partial charge on any atom is 0.260 e. The summed E-state index contributed by atoms with van der Waals surface area (Å²) in [6.07, 6.45) is 5.34. The zero-order chi connectivity index (χ0) is 18.1. The van der Waals surface area contributed by atoms with Crippen molar-refractivity contribution in [3.63, 3.8) is 0 Å². The second-order valence-electron chi connectivity index (χ2n) is 5.96. The van der Waals surface area contributed by atoms with Crippen LogP contribution in [0.15, 0.2) is 29.4 Å². The number of benzene rings is 1. The Morgan fingerprint density at radius 2 is 1.92 bits per heavy atom. The fourth-order valence-electron chi connectivity index (χ4n) is 2.64. The summed E-state index contributed by atoms with van der Waals surface area (Å²) < 4.78 is 0. The van der Waals surface area contributed by atoms with Crippen LogP contribution in [-0.4, -0.2) is 30.3 Å². The van der Waals surface area contributed by atoms with Crippen LogP contribution in [-0.2, 0) is 14.4 Å². The summed E-state index contributed by atoms with van der Waals surface area (Å²) in [6, 6.07) is 7.09. The van der Waals surface area contributed by atoms with E-state index in [2.05, 4.69) is 15.8 Å². The third kappa shape index (κ3) is 7.01. The molecular formula is C17H23ClN4O3. The molecule has 0 atom stereocenters. The summed E-state index contributed by atoms with van der Waals surface area (Å²) in [5.74, 6) is -0.622. The first-order chi connectivity index (χ1) is 12.0. The molecule has 0 radical (unpaired) electrons. The molecule has 4 N–H and O–H groups in total. The van der Waals surface area contributed by atoms with E-state index in [1.807, 2.05) is 0 Å². The zero-order valence-corrected chi connectivity index (χ0v) is 14.7. The van der Waals surface area contributed by atoms with Crippen molar-refractivity contribution in [1.82, 2.24) is 5.32 Å². The number of rotatable bonds is 7. The standard InChI is InChI=1S/C17H23ClN4O3/c18-13-8-4-5-9-14(13)21-16(23)10-15(19)22-25-11-17(24)20-12-6-2-1-3-7-12/h4-5,8-9,12H,1-3,6-7,10-11H2,(H2,19,22)(H,20,24)(H,21,23). The molecule has 1 saturated carbocycles. The van der Waals surface area contributed by atoms with Crippen molar-refractivity contribution < 1.29 is 14.4 Å². The van der Waals surface area contributed by atoms with Crippen molar-refractivity contribution in [2.45, 2.75) is 44.6 Å². The lowest BCUT2D eigenvalue weighted by molar-refractivity contribution is -0.126. The Bertz CT molecular complexity index is 630. The number of amides is 2. The van der Waals surface area contributed by atoms with Crippen LogP contribution < -0.4 is 16.4 Å². The number of anilines is 1. The Morgan fingerprint density at radius 3 is 2.64 bits per heavy atom. The summed E-state index contributed by atoms with van der Waals surface area (Å²) in [4.78, 5) is 28.5. The van der Waals surface area contributed by atoms with Gasteiger partial charge in [-0.3, -0.25) is 9.59 Å². The van der Waals surface area contributed by atoms with E-state index in [0.717, 1.165) is 25.7 Å². The third-order valence-corrected chi connectivity index (χ3v) is 4.17. The van der Waals surface area contributed by atoms with Crippen LogP contribution in [0.5, 0.6) is 0 Å². The Kier molecular flexibility index (Phi) is 7.53. The molecule has 1 aromatic carbocycles. The molecule has 1 aliphatic carbocycles. The van der Waals surface area contributed by atoms with Crippen molar-refractivity contribution in [2.24, 2.45) is 10.9 Å². The SMILES string of the molecule is NC(CC(=O)Nc1ccccc1Cl)=NOCC(=O)NC1CCCCC1. The lowest BCUT2D eigenvalue weighted by Gasteiger charge is -2.22. The quantitative estimate of drug-likeness (QED) is 0.391. The molecule has 2 rings (SSSR count). The van der Waals surface area contributed by atoms with Gasteiger partial charge in [-0.15, -0.1) is 0 Å². The Balaban J connectivity index is 1.69. The molecule has 25 heavy (non-hydrogen) atoms. The Hall–Kier alpha value is -2.28. The molecule has 2 amide bonds. The molecule has 1 aliphatic rings. The molecule has 0 heterocycles. The highest BCUT2D eigenvalue weighted by atomic mass is 35.5. The smallest absolute Gasteiger partial charge is 0.260 e. The van der Waals surface area contributed by atoms with E-state index < -0.39 is 0 Å². The Labute approximate surface area is 151 Å². The fraction of sp³-hybridized carbons (Fsp3) is 0.471. The number of carbonyl (C=O) groups is 2. The first-order valence-corrected chi connectivity index (χ1v) is 8.70. The van der Waals surface area contributed by atoms with Crippen molar-refractivity contribution >= 4 is 34.9 Å². The van der Waals surface area contributed by atoms with Crippen LogP contribution in [0.25, 0.3) is 0 Å². The minimum atomic E-state index is -0.371. The molecule has 1 fully saturated rings. The molecule has 136 valence electrons. The highest BCUT2D eigenvalue weighted by Crippen LogP contribution is 2.20. The number of hydrogen-bond donors (Lipinski definition) is 3. The van der Waals surface area contributed by atoms with Crippen LogP contribution >= 0.6 is 11.6 Å². The largest absolute Gasteiger partial charge is 0.384 e. The van der Waals surface area contributed by atoms with Gasteiger partial charge in [0, 0.05) is 6.04 Å². The van der Waals surface area contributed by atoms with Gasteiger partial charge in [0.25, 0.3) is 5.91 Å². The average Bonchev–Trinajstić information content (AvgIpc) is 2.57. The van der Waals surface area contributed by atoms with Gasteiger partial charge in [-0.1, -0.05) is 48.2 Å². The van der Waals surface area contributed by atoms with E-state index >= 15 is 0 Å². The molecule has 1 aromatic rings. The Morgan fingerprint density at radius 1 is 1.20 bits per heavy atom. The van der Waals surface area contributed by atoms with E-state index in [1.54, 1.807) is 24.3 Å². The number of hydrogen-bond acceptors (Lipinski definition) is 4. The van der Waals surface area contributed by atoms with Crippen LogP contribution in [0.4, 0.5) is 5.69 Å². The fourth-order valence-corrected chi connectivity index (χ4v) is 2.83. The third-order valence-electron chi connectivity index (χ3n) is 3.84. The molecule has 0 saturated heterocycles. The highest BCUT2D eigenvalue weighted by molar-refractivity contribution is 6.33. The summed E-state index contributed by atoms with van der Waals surface area (Å²) in [6.45, 7) is -0.219. The van der Waals surface area contributed by atoms with E-state index in [9.17, 15) is 9.59 Å². The highest BCUT2D eigenvalue weighted by Gasteiger charge is 2.15. The summed E-state index contributed by atoms with van der Waals surface area (Å²) >= 11 is 5.96. The van der Waals surface area contributed by atoms with Crippen molar-refractivity contribution in [3.8, 4) is 0 Å². The van der Waals surface area contributed by atoms with Crippen LogP contribution in [0.3, 0.4) is 0 Å². The van der Waals surface area contributed by atoms with Crippen molar-refractivity contribution in [2.75, 3.05) is 11.9 Å². The number of para-hydroxylation sites is 1. The zero-order valence-electron chi connectivity index (χ0n) is 14.0. The van der Waals surface area contributed by atoms with E-state index in [1.165, 1.54) is 6.42 Å². The molecule has 0 unspecified atom stereocenters. The summed E-state index contributed by atoms with van der Waals surface area (Å²) in [5, 5.41) is 9.57. The number of nitrogens with two attached hydrogens (primary N) is 1. The summed E-state index contributed by atoms with van der Waals surface area (Å²) in [7, 11) is 0. The predicted octanol–water partition coefficient (Wildman–Crippen LogP) is 2.41. The molecule has 7 nitrogen and oxygen atoms in total. The van der Waals surface area contributed by atoms with Gasteiger partial charge in [-0.25, -0.2) is 0 Å². The molecule has 0 bridgehead atoms. The van der Waals surface area contributed by atoms with Gasteiger partial charge in [0.2, 0.25) is 5.91 Å². The normalized spacial score (nSPS) is 15.5. The minimum Gasteiger partial charge on any atom is -0.384 e. The second kappa shape index (κ2) is 9.88. The first kappa shape index (κ1) is 19.1. The average molecular weight is 367 g/mol. The second-order valence-corrected chi connectivity index (χ2v) is 6.37. The van der Waals surface area contributed by atoms with Gasteiger partial charge in [-0.05, 0) is 25.0 Å². The molecule has 0 spiro atoms. The minimum absolute atomic E-state index is 0.0185. The monoisotopic (exact) mass is 366 g/mol. The maximum absolute atomic E-state index is 11.9. The first-order valence-electron chi connectivity index (χ1n) is 8.32. The van der Waals surface area contributed by atoms with Gasteiger partial charge in [0.15, 0.2) is 6.61 Å². The van der Waals surface area contributed by atoms with Gasteiger partial charge in [0.05, 0.1) is 17.1 Å². The van der Waals surface area contributed by atoms with Crippen LogP contribution in [0.1, 0.15) is 38.5 Å². The number of amidine groups is 1. The van der Waals surface area contributed by atoms with Crippen molar-refractivity contribution in [3.05, 3.63) is 29.3 Å². The number of carbonyl (C=O) groups excluding carboxylic acids is 2. The topological polar surface area (TPSA) is 106 Å². The molecule has 0 aliphatic heterocycles. The molecule has 0 aromatic heterocycles. The van der Waals surface area contributed by atoms with Crippen LogP contribution in [0, 0.1) is 0 Å². The van der Waals surface area contributed by atoms with Gasteiger partial charge < -0.3 is 21.2 Å². The van der Waals surface area contributed by atoms with Crippen molar-refractivity contribution in [1.29, 1.82) is 0 Å². The molecular weight excluding hydrogens is 344 g/mol. The summed E-state index contributed by atoms with van der Waals surface area (Å²) in [5.41, 5.74) is 6.13. The lowest BCUT2D eigenvalue weighted by Crippen LogP contribution is -2.38. The van der Waals surface area contributed by atoms with Gasteiger partial charge >= 0.3 is 0 Å². The van der Waals surface area contributed by atoms with E-state index in [0.29, 0.717) is 10.7 Å². The maximum atomic E-state index is 11.9. The number of nitrogens with zero attached hydrogens (tertiary/aromatic N) is 1. The molecule has 8 heteroatoms. The predicted molar refractivity (Wildman–Crippen MR) is 97.3 cm³/mol. The number of oxime groups is 1. The van der Waals surface area contributed by atoms with E-state index in [4.69, 9.17) is 22.2 Å². The van der Waals surface area contributed by atoms with Gasteiger partial charge in [0.1, 0.15) is 5.84 Å². The van der Waals surface area contributed by atoms with Crippen LogP contribution in [0.2, 0.25) is 5.02 Å². The van der Waals surface area contributed by atoms with E-state index in [-0.39, 0.29) is 36.7 Å².